The highest BCUT2D eigenvalue weighted by Gasteiger charge is 2.27. The molecule has 172 valence electrons. The zero-order chi connectivity index (χ0) is 24.1. The SMILES string of the molecule is COc1c(-c2c(C(C)C)n(-c3ccc(F)cc3)c3cc4cn[nH]c4cc23)ccc(C(=O)O)c1F. The first kappa shape index (κ1) is 21.6. The molecule has 0 amide bonds. The molecule has 0 unspecified atom stereocenters. The molecule has 0 spiro atoms. The normalized spacial score (nSPS) is 11.6. The molecular weight excluding hydrogens is 440 g/mol. The summed E-state index contributed by atoms with van der Waals surface area (Å²) in [5, 5.41) is 18.2. The Kier molecular flexibility index (Phi) is 5.08. The van der Waals surface area contributed by atoms with Crippen molar-refractivity contribution >= 4 is 27.8 Å². The van der Waals surface area contributed by atoms with E-state index in [1.165, 1.54) is 25.3 Å². The molecule has 5 rings (SSSR count). The van der Waals surface area contributed by atoms with Crippen LogP contribution in [0.2, 0.25) is 0 Å². The van der Waals surface area contributed by atoms with Crippen LogP contribution < -0.4 is 4.74 Å². The molecule has 6 nitrogen and oxygen atoms in total. The molecule has 0 bridgehead atoms. The summed E-state index contributed by atoms with van der Waals surface area (Å²) in [5.74, 6) is -2.84. The highest BCUT2D eigenvalue weighted by Crippen LogP contribution is 2.45. The van der Waals surface area contributed by atoms with Gasteiger partial charge >= 0.3 is 5.97 Å². The summed E-state index contributed by atoms with van der Waals surface area (Å²) >= 11 is 0. The number of fused-ring (bicyclic) bond motifs is 2. The van der Waals surface area contributed by atoms with Gasteiger partial charge in [-0.2, -0.15) is 5.10 Å². The molecule has 5 aromatic rings. The Bertz CT molecular complexity index is 1570. The Morgan fingerprint density at radius 1 is 1.12 bits per heavy atom. The molecule has 2 heterocycles. The van der Waals surface area contributed by atoms with Crippen molar-refractivity contribution in [1.29, 1.82) is 0 Å². The highest BCUT2D eigenvalue weighted by atomic mass is 19.1. The second kappa shape index (κ2) is 7.98. The molecule has 0 aliphatic rings. The second-order valence-corrected chi connectivity index (χ2v) is 8.37. The number of aromatic nitrogens is 3. The molecular formula is C26H21F2N3O3. The number of carboxylic acid groups (broad SMARTS) is 1. The van der Waals surface area contributed by atoms with E-state index < -0.39 is 17.3 Å². The zero-order valence-electron chi connectivity index (χ0n) is 18.7. The summed E-state index contributed by atoms with van der Waals surface area (Å²) in [5.41, 5.74) is 3.88. The van der Waals surface area contributed by atoms with Crippen LogP contribution in [0.15, 0.2) is 54.7 Å². The van der Waals surface area contributed by atoms with Crippen molar-refractivity contribution in [3.05, 3.63) is 77.6 Å². The Morgan fingerprint density at radius 3 is 2.50 bits per heavy atom. The van der Waals surface area contributed by atoms with Gasteiger partial charge in [-0.15, -0.1) is 0 Å². The lowest BCUT2D eigenvalue weighted by Gasteiger charge is -2.17. The van der Waals surface area contributed by atoms with E-state index in [1.807, 2.05) is 30.5 Å². The lowest BCUT2D eigenvalue weighted by Crippen LogP contribution is -2.06. The van der Waals surface area contributed by atoms with Gasteiger partial charge in [0.15, 0.2) is 11.6 Å². The number of carboxylic acids is 1. The number of hydrogen-bond donors (Lipinski definition) is 2. The summed E-state index contributed by atoms with van der Waals surface area (Å²) < 4.78 is 36.3. The first-order chi connectivity index (χ1) is 16.3. The van der Waals surface area contributed by atoms with Gasteiger partial charge in [-0.05, 0) is 54.4 Å². The van der Waals surface area contributed by atoms with Crippen molar-refractivity contribution in [3.63, 3.8) is 0 Å². The topological polar surface area (TPSA) is 80.1 Å². The van der Waals surface area contributed by atoms with Crippen LogP contribution in [0.4, 0.5) is 8.78 Å². The van der Waals surface area contributed by atoms with Crippen LogP contribution in [0.25, 0.3) is 38.6 Å². The first-order valence-corrected chi connectivity index (χ1v) is 10.7. The average Bonchev–Trinajstić information content (AvgIpc) is 3.39. The van der Waals surface area contributed by atoms with Crippen LogP contribution in [0.5, 0.6) is 5.75 Å². The fourth-order valence-corrected chi connectivity index (χ4v) is 4.56. The maximum absolute atomic E-state index is 15.2. The third-order valence-electron chi connectivity index (χ3n) is 6.00. The van der Waals surface area contributed by atoms with Gasteiger partial charge in [0.25, 0.3) is 0 Å². The number of H-pyrrole nitrogens is 1. The molecule has 0 saturated carbocycles. The molecule has 0 radical (unpaired) electrons. The predicted octanol–water partition coefficient (Wildman–Crippen LogP) is 6.28. The van der Waals surface area contributed by atoms with Gasteiger partial charge in [0.1, 0.15) is 5.82 Å². The summed E-state index contributed by atoms with van der Waals surface area (Å²) in [4.78, 5) is 11.5. The van der Waals surface area contributed by atoms with Gasteiger partial charge in [0.2, 0.25) is 0 Å². The maximum Gasteiger partial charge on any atom is 0.338 e. The molecule has 34 heavy (non-hydrogen) atoms. The van der Waals surface area contributed by atoms with E-state index in [9.17, 15) is 14.3 Å². The number of halogens is 2. The van der Waals surface area contributed by atoms with Gasteiger partial charge in [-0.3, -0.25) is 5.10 Å². The Balaban J connectivity index is 1.96. The lowest BCUT2D eigenvalue weighted by molar-refractivity contribution is 0.0691. The molecule has 8 heteroatoms. The number of methoxy groups -OCH3 is 1. The van der Waals surface area contributed by atoms with E-state index in [0.29, 0.717) is 11.1 Å². The Hall–Kier alpha value is -4.20. The quantitative estimate of drug-likeness (QED) is 0.323. The van der Waals surface area contributed by atoms with Crippen LogP contribution in [-0.4, -0.2) is 33.0 Å². The Labute approximate surface area is 193 Å². The maximum atomic E-state index is 15.2. The van der Waals surface area contributed by atoms with Gasteiger partial charge < -0.3 is 14.4 Å². The minimum atomic E-state index is -1.38. The number of rotatable bonds is 5. The van der Waals surface area contributed by atoms with E-state index in [4.69, 9.17) is 4.74 Å². The van der Waals surface area contributed by atoms with Crippen LogP contribution in [0.3, 0.4) is 0 Å². The fourth-order valence-electron chi connectivity index (χ4n) is 4.56. The number of hydrogen-bond acceptors (Lipinski definition) is 3. The van der Waals surface area contributed by atoms with Gasteiger partial charge in [0, 0.05) is 33.3 Å². The number of carbonyl (C=O) groups is 1. The van der Waals surface area contributed by atoms with Gasteiger partial charge in [0.05, 0.1) is 29.9 Å². The number of benzene rings is 3. The smallest absolute Gasteiger partial charge is 0.338 e. The monoisotopic (exact) mass is 461 g/mol. The predicted molar refractivity (Wildman–Crippen MR) is 126 cm³/mol. The van der Waals surface area contributed by atoms with Crippen LogP contribution in [0, 0.1) is 11.6 Å². The van der Waals surface area contributed by atoms with E-state index in [1.54, 1.807) is 24.4 Å². The molecule has 0 saturated heterocycles. The van der Waals surface area contributed by atoms with Gasteiger partial charge in [-0.1, -0.05) is 13.8 Å². The highest BCUT2D eigenvalue weighted by molar-refractivity contribution is 6.07. The number of nitrogens with zero attached hydrogens (tertiary/aromatic N) is 2. The summed E-state index contributed by atoms with van der Waals surface area (Å²) in [6.45, 7) is 4.03. The first-order valence-electron chi connectivity index (χ1n) is 10.7. The van der Waals surface area contributed by atoms with Crippen LogP contribution in [-0.2, 0) is 0 Å². The van der Waals surface area contributed by atoms with Crippen molar-refractivity contribution in [2.24, 2.45) is 0 Å². The largest absolute Gasteiger partial charge is 0.493 e. The summed E-state index contributed by atoms with van der Waals surface area (Å²) in [7, 11) is 1.31. The minimum absolute atomic E-state index is 0.0316. The van der Waals surface area contributed by atoms with Crippen molar-refractivity contribution in [2.75, 3.05) is 7.11 Å². The van der Waals surface area contributed by atoms with E-state index in [0.717, 1.165) is 33.2 Å². The number of nitrogens with one attached hydrogen (secondary N) is 1. The third kappa shape index (κ3) is 3.22. The standard InChI is InChI=1S/C26H21F2N3O3/c1-13(2)24-22(17-8-9-18(26(32)33)23(28)25(17)34-3)19-11-20-14(12-29-30-20)10-21(19)31(24)16-6-4-15(27)5-7-16/h4-13H,1-3H3,(H,29,30)(H,32,33). The molecule has 0 aliphatic carbocycles. The molecule has 0 fully saturated rings. The van der Waals surface area contributed by atoms with E-state index in [2.05, 4.69) is 10.2 Å². The molecule has 3 aromatic carbocycles. The summed E-state index contributed by atoms with van der Waals surface area (Å²) in [6.07, 6.45) is 1.72. The van der Waals surface area contributed by atoms with Gasteiger partial charge in [-0.25, -0.2) is 13.6 Å². The molecule has 0 atom stereocenters. The van der Waals surface area contributed by atoms with Crippen molar-refractivity contribution < 1.29 is 23.4 Å². The lowest BCUT2D eigenvalue weighted by atomic mass is 9.94. The minimum Gasteiger partial charge on any atom is -0.493 e. The zero-order valence-corrected chi connectivity index (χ0v) is 18.7. The third-order valence-corrected chi connectivity index (χ3v) is 6.00. The second-order valence-electron chi connectivity index (χ2n) is 8.37. The average molecular weight is 461 g/mol. The fraction of sp³-hybridized carbons (Fsp3) is 0.154. The Morgan fingerprint density at radius 2 is 1.85 bits per heavy atom. The van der Waals surface area contributed by atoms with Crippen LogP contribution >= 0.6 is 0 Å². The molecule has 2 aromatic heterocycles. The van der Waals surface area contributed by atoms with Crippen LogP contribution in [0.1, 0.15) is 35.8 Å². The molecule has 2 N–H and O–H groups in total. The van der Waals surface area contributed by atoms with E-state index in [-0.39, 0.29) is 17.5 Å². The summed E-state index contributed by atoms with van der Waals surface area (Å²) in [6, 6.07) is 12.9. The number of aromatic carboxylic acids is 1. The molecule has 0 aliphatic heterocycles. The van der Waals surface area contributed by atoms with E-state index >= 15 is 4.39 Å². The number of aromatic amines is 1. The van der Waals surface area contributed by atoms with Crippen molar-refractivity contribution in [1.82, 2.24) is 14.8 Å². The van der Waals surface area contributed by atoms with Crippen molar-refractivity contribution in [3.8, 4) is 22.6 Å². The van der Waals surface area contributed by atoms with Crippen molar-refractivity contribution in [2.45, 2.75) is 19.8 Å². The number of ether oxygens (including phenoxy) is 1.